The zero-order valence-corrected chi connectivity index (χ0v) is 14.1. The predicted molar refractivity (Wildman–Crippen MR) is 84.5 cm³/mol. The predicted octanol–water partition coefficient (Wildman–Crippen LogP) is 1.96. The molecule has 126 valence electrons. The van der Waals surface area contributed by atoms with Crippen molar-refractivity contribution in [1.29, 1.82) is 0 Å². The van der Waals surface area contributed by atoms with Crippen LogP contribution in [0.4, 0.5) is 9.93 Å². The number of hydrogen-bond donors (Lipinski definition) is 1. The van der Waals surface area contributed by atoms with Gasteiger partial charge >= 0.3 is 12.1 Å². The minimum Gasteiger partial charge on any atom is -0.464 e. The summed E-state index contributed by atoms with van der Waals surface area (Å²) in [6, 6.07) is 0. The third kappa shape index (κ3) is 6.43. The first-order valence-corrected chi connectivity index (χ1v) is 7.27. The van der Waals surface area contributed by atoms with E-state index >= 15 is 0 Å². The Morgan fingerprint density at radius 3 is 2.70 bits per heavy atom. The molecule has 0 unspecified atom stereocenters. The van der Waals surface area contributed by atoms with Gasteiger partial charge in [-0.2, -0.15) is 9.36 Å². The van der Waals surface area contributed by atoms with Crippen LogP contribution in [0.1, 0.15) is 26.6 Å². The van der Waals surface area contributed by atoms with Crippen LogP contribution in [0.15, 0.2) is 17.8 Å². The number of methoxy groups -OCH3 is 1. The van der Waals surface area contributed by atoms with Crippen molar-refractivity contribution in [2.75, 3.05) is 19.0 Å². The molecule has 0 spiro atoms. The van der Waals surface area contributed by atoms with Crippen molar-refractivity contribution in [2.45, 2.75) is 26.4 Å². The number of carbonyl (C=O) groups excluding carboxylic acids is 2. The number of aromatic nitrogens is 2. The molecular weight excluding hydrogens is 324 g/mol. The van der Waals surface area contributed by atoms with E-state index in [0.717, 1.165) is 11.5 Å². The molecule has 0 aliphatic carbocycles. The summed E-state index contributed by atoms with van der Waals surface area (Å²) in [7, 11) is 1.19. The number of esters is 1. The van der Waals surface area contributed by atoms with Crippen LogP contribution >= 0.6 is 11.5 Å². The second-order valence-electron chi connectivity index (χ2n) is 5.07. The van der Waals surface area contributed by atoms with Gasteiger partial charge in [-0.05, 0) is 20.8 Å². The minimum absolute atomic E-state index is 0.0306. The second kappa shape index (κ2) is 8.22. The molecular formula is C13H18N4O5S. The van der Waals surface area contributed by atoms with E-state index in [4.69, 9.17) is 9.57 Å². The largest absolute Gasteiger partial charge is 0.464 e. The number of hydrogen-bond acceptors (Lipinski definition) is 9. The highest BCUT2D eigenvalue weighted by atomic mass is 32.1. The van der Waals surface area contributed by atoms with Gasteiger partial charge in [0.15, 0.2) is 0 Å². The van der Waals surface area contributed by atoms with Gasteiger partial charge in [0.05, 0.1) is 7.11 Å². The van der Waals surface area contributed by atoms with Crippen molar-refractivity contribution in [3.05, 3.63) is 18.5 Å². The zero-order valence-electron chi connectivity index (χ0n) is 13.3. The van der Waals surface area contributed by atoms with Gasteiger partial charge in [0.25, 0.3) is 0 Å². The number of amides is 1. The molecule has 23 heavy (non-hydrogen) atoms. The summed E-state index contributed by atoms with van der Waals surface area (Å²) in [6.45, 7) is 8.76. The number of nitrogens with zero attached hydrogens (tertiary/aromatic N) is 3. The molecule has 1 rings (SSSR count). The molecule has 10 heteroatoms. The van der Waals surface area contributed by atoms with E-state index in [1.165, 1.54) is 13.2 Å². The van der Waals surface area contributed by atoms with E-state index in [1.807, 2.05) is 0 Å². The first kappa shape index (κ1) is 18.6. The zero-order chi connectivity index (χ0) is 17.5. The van der Waals surface area contributed by atoms with Crippen LogP contribution < -0.4 is 5.32 Å². The highest BCUT2D eigenvalue weighted by Crippen LogP contribution is 2.15. The molecule has 1 heterocycles. The van der Waals surface area contributed by atoms with E-state index in [9.17, 15) is 9.59 Å². The lowest BCUT2D eigenvalue weighted by Gasteiger charge is -2.18. The number of carbonyl (C=O) groups is 2. The number of oxime groups is 1. The van der Waals surface area contributed by atoms with Gasteiger partial charge in [0.1, 0.15) is 12.2 Å². The molecule has 1 aromatic heterocycles. The Morgan fingerprint density at radius 1 is 1.43 bits per heavy atom. The monoisotopic (exact) mass is 342 g/mol. The molecule has 1 aromatic rings. The summed E-state index contributed by atoms with van der Waals surface area (Å²) in [4.78, 5) is 32.2. The maximum Gasteiger partial charge on any atom is 0.414 e. The summed E-state index contributed by atoms with van der Waals surface area (Å²) in [6.07, 6.45) is 0.780. The Hall–Kier alpha value is -2.49. The number of ether oxygens (including phenoxy) is 2. The van der Waals surface area contributed by atoms with Crippen molar-refractivity contribution in [1.82, 2.24) is 9.36 Å². The molecule has 0 saturated carbocycles. The SMILES string of the molecule is C=CCO/N=C(\C(=O)OC)c1nsc(NC(=O)OC(C)(C)C)n1. The molecule has 0 bridgehead atoms. The summed E-state index contributed by atoms with van der Waals surface area (Å²) >= 11 is 0.862. The Balaban J connectivity index is 2.86. The first-order chi connectivity index (χ1) is 10.8. The quantitative estimate of drug-likeness (QED) is 0.276. The van der Waals surface area contributed by atoms with Gasteiger partial charge in [-0.15, -0.1) is 0 Å². The van der Waals surface area contributed by atoms with Crippen LogP contribution in [0.2, 0.25) is 0 Å². The van der Waals surface area contributed by atoms with Crippen LogP contribution in [-0.2, 0) is 19.1 Å². The van der Waals surface area contributed by atoms with Gasteiger partial charge < -0.3 is 14.3 Å². The summed E-state index contributed by atoms with van der Waals surface area (Å²) in [5.41, 5.74) is -0.864. The molecule has 0 fully saturated rings. The Bertz CT molecular complexity index is 606. The Morgan fingerprint density at radius 2 is 2.13 bits per heavy atom. The lowest BCUT2D eigenvalue weighted by atomic mass is 10.2. The standard InChI is InChI=1S/C13H18N4O5S/c1-6-7-21-16-8(10(18)20-5)9-14-11(23-17-9)15-12(19)22-13(2,3)4/h6H,1,7H2,2-5H3,(H,14,15,17,19)/b16-8-. The molecule has 0 aliphatic heterocycles. The second-order valence-corrected chi connectivity index (χ2v) is 5.82. The smallest absolute Gasteiger partial charge is 0.414 e. The fourth-order valence-electron chi connectivity index (χ4n) is 1.18. The fraction of sp³-hybridized carbons (Fsp3) is 0.462. The average Bonchev–Trinajstić information content (AvgIpc) is 2.88. The lowest BCUT2D eigenvalue weighted by Crippen LogP contribution is -2.27. The van der Waals surface area contributed by atoms with Crippen molar-refractivity contribution >= 4 is 34.4 Å². The topological polar surface area (TPSA) is 112 Å². The highest BCUT2D eigenvalue weighted by molar-refractivity contribution is 7.10. The molecule has 9 nitrogen and oxygen atoms in total. The van der Waals surface area contributed by atoms with Crippen molar-refractivity contribution in [3.63, 3.8) is 0 Å². The lowest BCUT2D eigenvalue weighted by molar-refractivity contribution is -0.132. The maximum absolute atomic E-state index is 11.7. The van der Waals surface area contributed by atoms with Gasteiger partial charge in [0, 0.05) is 11.5 Å². The molecule has 0 atom stereocenters. The Kier molecular flexibility index (Phi) is 6.64. The van der Waals surface area contributed by atoms with Crippen molar-refractivity contribution in [2.24, 2.45) is 5.16 Å². The van der Waals surface area contributed by atoms with Crippen molar-refractivity contribution in [3.8, 4) is 0 Å². The molecule has 0 saturated heterocycles. The highest BCUT2D eigenvalue weighted by Gasteiger charge is 2.23. The number of anilines is 1. The van der Waals surface area contributed by atoms with Crippen molar-refractivity contribution < 1.29 is 23.9 Å². The third-order valence-corrected chi connectivity index (χ3v) is 2.60. The van der Waals surface area contributed by atoms with Crippen LogP contribution in [0, 0.1) is 0 Å². The van der Waals surface area contributed by atoms with Gasteiger partial charge in [-0.25, -0.2) is 9.59 Å². The Labute approximate surface area is 137 Å². The molecule has 1 amide bonds. The van der Waals surface area contributed by atoms with Crippen LogP contribution in [-0.4, -0.2) is 46.4 Å². The number of nitrogens with one attached hydrogen (secondary N) is 1. The van der Waals surface area contributed by atoms with E-state index in [0.29, 0.717) is 0 Å². The minimum atomic E-state index is -0.768. The van der Waals surface area contributed by atoms with E-state index in [-0.39, 0.29) is 23.3 Å². The fourth-order valence-corrected chi connectivity index (χ4v) is 1.74. The van der Waals surface area contributed by atoms with E-state index < -0.39 is 17.7 Å². The summed E-state index contributed by atoms with van der Waals surface area (Å²) < 4.78 is 13.6. The van der Waals surface area contributed by atoms with Crippen LogP contribution in [0.3, 0.4) is 0 Å². The van der Waals surface area contributed by atoms with Gasteiger partial charge in [-0.3, -0.25) is 5.32 Å². The molecule has 0 radical (unpaired) electrons. The van der Waals surface area contributed by atoms with E-state index in [1.54, 1.807) is 20.8 Å². The van der Waals surface area contributed by atoms with Gasteiger partial charge in [0.2, 0.25) is 16.7 Å². The van der Waals surface area contributed by atoms with E-state index in [2.05, 4.69) is 31.1 Å². The molecule has 1 N–H and O–H groups in total. The summed E-state index contributed by atoms with van der Waals surface area (Å²) in [5.74, 6) is -0.798. The molecule has 0 aromatic carbocycles. The van der Waals surface area contributed by atoms with Crippen LogP contribution in [0.25, 0.3) is 0 Å². The average molecular weight is 342 g/mol. The third-order valence-electron chi connectivity index (χ3n) is 1.97. The van der Waals surface area contributed by atoms with Crippen LogP contribution in [0.5, 0.6) is 0 Å². The normalized spacial score (nSPS) is 11.6. The first-order valence-electron chi connectivity index (χ1n) is 6.50. The van der Waals surface area contributed by atoms with Gasteiger partial charge in [-0.1, -0.05) is 17.8 Å². The molecule has 0 aliphatic rings. The number of rotatable bonds is 6. The summed E-state index contributed by atoms with van der Waals surface area (Å²) in [5, 5.41) is 6.18. The maximum atomic E-state index is 11.7.